The van der Waals surface area contributed by atoms with Crippen molar-refractivity contribution in [2.24, 2.45) is 0 Å². The largest absolute Gasteiger partial charge is 0.253 e. The van der Waals surface area contributed by atoms with Crippen LogP contribution in [0.25, 0.3) is 22.0 Å². The van der Waals surface area contributed by atoms with E-state index in [0.29, 0.717) is 0 Å². The summed E-state index contributed by atoms with van der Waals surface area (Å²) in [6, 6.07) is 19.2. The summed E-state index contributed by atoms with van der Waals surface area (Å²) >= 11 is 0. The average Bonchev–Trinajstić information content (AvgIpc) is 2.93. The van der Waals surface area contributed by atoms with Gasteiger partial charge in [-0.2, -0.15) is 0 Å². The molecule has 0 atom stereocenters. The Bertz CT molecular complexity index is 744. The Morgan fingerprint density at radius 3 is 2.47 bits per heavy atom. The fourth-order valence-corrected chi connectivity index (χ4v) is 3.15. The number of para-hydroxylation sites is 1. The van der Waals surface area contributed by atoms with Crippen molar-refractivity contribution < 1.29 is 0 Å². The standard InChI is InChI=1S/C18H15N/c1-2-7-13(8-3-1)18-14-9-4-5-11-16(14)19-17-12-6-10-15(17)18/h1-5,7-9,11H,6,10,12H2. The van der Waals surface area contributed by atoms with Gasteiger partial charge in [-0.05, 0) is 42.0 Å². The van der Waals surface area contributed by atoms with Gasteiger partial charge in [0.15, 0.2) is 0 Å². The first-order valence-corrected chi connectivity index (χ1v) is 6.89. The van der Waals surface area contributed by atoms with Gasteiger partial charge < -0.3 is 0 Å². The lowest BCUT2D eigenvalue weighted by atomic mass is 9.95. The van der Waals surface area contributed by atoms with Crippen LogP contribution in [0.1, 0.15) is 17.7 Å². The smallest absolute Gasteiger partial charge is 0.0711 e. The van der Waals surface area contributed by atoms with E-state index >= 15 is 0 Å². The Balaban J connectivity index is 2.13. The summed E-state index contributed by atoms with van der Waals surface area (Å²) in [5.74, 6) is 0. The molecule has 1 heterocycles. The Morgan fingerprint density at radius 1 is 0.789 bits per heavy atom. The van der Waals surface area contributed by atoms with Crippen LogP contribution in [0, 0.1) is 0 Å². The third kappa shape index (κ3) is 1.66. The van der Waals surface area contributed by atoms with Crippen LogP contribution >= 0.6 is 0 Å². The van der Waals surface area contributed by atoms with Gasteiger partial charge in [-0.1, -0.05) is 48.5 Å². The Morgan fingerprint density at radius 2 is 1.58 bits per heavy atom. The number of benzene rings is 2. The molecule has 0 bridgehead atoms. The van der Waals surface area contributed by atoms with Gasteiger partial charge in [-0.25, -0.2) is 0 Å². The molecular formula is C18H15N. The fourth-order valence-electron chi connectivity index (χ4n) is 3.15. The minimum atomic E-state index is 1.13. The topological polar surface area (TPSA) is 12.9 Å². The molecule has 0 saturated carbocycles. The molecule has 1 heteroatoms. The molecule has 1 aliphatic rings. The molecule has 3 aromatic rings. The number of fused-ring (bicyclic) bond motifs is 2. The van der Waals surface area contributed by atoms with Crippen molar-refractivity contribution in [1.29, 1.82) is 0 Å². The highest BCUT2D eigenvalue weighted by Crippen LogP contribution is 2.36. The van der Waals surface area contributed by atoms with Crippen LogP contribution in [0.3, 0.4) is 0 Å². The second-order valence-electron chi connectivity index (χ2n) is 5.15. The van der Waals surface area contributed by atoms with E-state index in [1.165, 1.54) is 34.2 Å². The van der Waals surface area contributed by atoms with Gasteiger partial charge in [-0.3, -0.25) is 4.98 Å². The van der Waals surface area contributed by atoms with E-state index in [1.807, 2.05) is 0 Å². The van der Waals surface area contributed by atoms with Crippen LogP contribution in [0.15, 0.2) is 54.6 Å². The zero-order chi connectivity index (χ0) is 12.7. The predicted octanol–water partition coefficient (Wildman–Crippen LogP) is 4.39. The third-order valence-electron chi connectivity index (χ3n) is 3.98. The number of rotatable bonds is 1. The van der Waals surface area contributed by atoms with E-state index in [4.69, 9.17) is 4.98 Å². The van der Waals surface area contributed by atoms with Gasteiger partial charge in [0.2, 0.25) is 0 Å². The number of pyridine rings is 1. The van der Waals surface area contributed by atoms with Crippen LogP contribution in [-0.4, -0.2) is 4.98 Å². The molecule has 0 fully saturated rings. The highest BCUT2D eigenvalue weighted by molar-refractivity contribution is 5.96. The lowest BCUT2D eigenvalue weighted by Crippen LogP contribution is -1.95. The molecule has 19 heavy (non-hydrogen) atoms. The Labute approximate surface area is 112 Å². The third-order valence-corrected chi connectivity index (χ3v) is 3.98. The molecule has 0 saturated heterocycles. The molecule has 4 rings (SSSR count). The number of aromatic nitrogens is 1. The van der Waals surface area contributed by atoms with Gasteiger partial charge in [0.25, 0.3) is 0 Å². The van der Waals surface area contributed by atoms with Gasteiger partial charge in [0, 0.05) is 11.1 Å². The van der Waals surface area contributed by atoms with Crippen molar-refractivity contribution >= 4 is 10.9 Å². The summed E-state index contributed by atoms with van der Waals surface area (Å²) in [6.07, 6.45) is 3.52. The fraction of sp³-hybridized carbons (Fsp3) is 0.167. The summed E-state index contributed by atoms with van der Waals surface area (Å²) < 4.78 is 0. The second kappa shape index (κ2) is 4.20. The highest BCUT2D eigenvalue weighted by atomic mass is 14.7. The first-order valence-electron chi connectivity index (χ1n) is 6.89. The SMILES string of the molecule is c1ccc(-c2c3c(nc4ccccc24)CCC3)cc1. The quantitative estimate of drug-likeness (QED) is 0.619. The first-order chi connectivity index (χ1) is 9.43. The van der Waals surface area contributed by atoms with Crippen LogP contribution in [-0.2, 0) is 12.8 Å². The van der Waals surface area contributed by atoms with Crippen LogP contribution < -0.4 is 0 Å². The van der Waals surface area contributed by atoms with E-state index in [-0.39, 0.29) is 0 Å². The second-order valence-corrected chi connectivity index (χ2v) is 5.15. The van der Waals surface area contributed by atoms with Crippen molar-refractivity contribution in [2.75, 3.05) is 0 Å². The summed E-state index contributed by atoms with van der Waals surface area (Å²) in [6.45, 7) is 0. The average molecular weight is 245 g/mol. The van der Waals surface area contributed by atoms with E-state index in [1.54, 1.807) is 0 Å². The number of hydrogen-bond acceptors (Lipinski definition) is 1. The van der Waals surface area contributed by atoms with Crippen LogP contribution in [0.2, 0.25) is 0 Å². The maximum atomic E-state index is 4.84. The molecule has 0 aliphatic heterocycles. The molecule has 0 unspecified atom stereocenters. The van der Waals surface area contributed by atoms with Gasteiger partial charge in [-0.15, -0.1) is 0 Å². The molecule has 0 radical (unpaired) electrons. The van der Waals surface area contributed by atoms with Gasteiger partial charge in [0.1, 0.15) is 0 Å². The van der Waals surface area contributed by atoms with E-state index in [0.717, 1.165) is 18.4 Å². The molecule has 92 valence electrons. The minimum absolute atomic E-state index is 1.13. The molecule has 0 N–H and O–H groups in total. The Hall–Kier alpha value is -2.15. The van der Waals surface area contributed by atoms with E-state index < -0.39 is 0 Å². The summed E-state index contributed by atoms with van der Waals surface area (Å²) in [4.78, 5) is 4.84. The van der Waals surface area contributed by atoms with Crippen LogP contribution in [0.4, 0.5) is 0 Å². The zero-order valence-corrected chi connectivity index (χ0v) is 10.8. The van der Waals surface area contributed by atoms with Crippen molar-refractivity contribution in [3.05, 3.63) is 65.9 Å². The number of hydrogen-bond donors (Lipinski definition) is 0. The molecule has 1 aliphatic carbocycles. The maximum Gasteiger partial charge on any atom is 0.0711 e. The van der Waals surface area contributed by atoms with E-state index in [2.05, 4.69) is 54.6 Å². The first kappa shape index (κ1) is 10.7. The Kier molecular flexibility index (Phi) is 2.37. The highest BCUT2D eigenvalue weighted by Gasteiger charge is 2.19. The van der Waals surface area contributed by atoms with Crippen LogP contribution in [0.5, 0.6) is 0 Å². The molecular weight excluding hydrogens is 230 g/mol. The summed E-state index contributed by atoms with van der Waals surface area (Å²) in [5, 5.41) is 1.29. The van der Waals surface area contributed by atoms with Crippen molar-refractivity contribution in [3.8, 4) is 11.1 Å². The minimum Gasteiger partial charge on any atom is -0.253 e. The summed E-state index contributed by atoms with van der Waals surface area (Å²) in [5.41, 5.74) is 6.61. The van der Waals surface area contributed by atoms with Gasteiger partial charge in [0.05, 0.1) is 5.52 Å². The van der Waals surface area contributed by atoms with Gasteiger partial charge >= 0.3 is 0 Å². The predicted molar refractivity (Wildman–Crippen MR) is 79.2 cm³/mol. The van der Waals surface area contributed by atoms with Crippen molar-refractivity contribution in [2.45, 2.75) is 19.3 Å². The van der Waals surface area contributed by atoms with Crippen molar-refractivity contribution in [1.82, 2.24) is 4.98 Å². The maximum absolute atomic E-state index is 4.84. The monoisotopic (exact) mass is 245 g/mol. The molecule has 2 aromatic carbocycles. The lowest BCUT2D eigenvalue weighted by molar-refractivity contribution is 0.901. The number of nitrogens with zero attached hydrogens (tertiary/aromatic N) is 1. The molecule has 1 nitrogen and oxygen atoms in total. The molecule has 0 spiro atoms. The summed E-state index contributed by atoms with van der Waals surface area (Å²) in [7, 11) is 0. The zero-order valence-electron chi connectivity index (χ0n) is 10.8. The molecule has 0 amide bonds. The number of aryl methyl sites for hydroxylation is 1. The van der Waals surface area contributed by atoms with E-state index in [9.17, 15) is 0 Å². The normalized spacial score (nSPS) is 13.7. The lowest BCUT2D eigenvalue weighted by Gasteiger charge is -2.12. The van der Waals surface area contributed by atoms with Crippen molar-refractivity contribution in [3.63, 3.8) is 0 Å². The molecule has 1 aromatic heterocycles.